The Morgan fingerprint density at radius 2 is 1.72 bits per heavy atom. The van der Waals surface area contributed by atoms with Crippen LogP contribution in [0.3, 0.4) is 0 Å². The largest absolute Gasteiger partial charge is 0.508 e. The molecule has 2 aromatic rings. The van der Waals surface area contributed by atoms with E-state index in [1.165, 1.54) is 33.5 Å². The number of phenolic OH excluding ortho intramolecular Hbond substituents is 1. The molecule has 0 aliphatic carbocycles. The molecule has 2 atom stereocenters. The summed E-state index contributed by atoms with van der Waals surface area (Å²) in [5.74, 6) is 0.185. The number of para-hydroxylation sites is 1. The van der Waals surface area contributed by atoms with Gasteiger partial charge in [-0.25, -0.2) is 0 Å². The Morgan fingerprint density at radius 1 is 1.04 bits per heavy atom. The molecule has 2 N–H and O–H groups in total. The van der Waals surface area contributed by atoms with Crippen LogP contribution < -0.4 is 18.9 Å². The molecule has 1 aliphatic rings. The predicted molar refractivity (Wildman–Crippen MR) is 87.9 cm³/mol. The summed E-state index contributed by atoms with van der Waals surface area (Å²) in [6.07, 6.45) is -2.56. The van der Waals surface area contributed by atoms with Gasteiger partial charge in [-0.15, -0.1) is 0 Å². The van der Waals surface area contributed by atoms with E-state index >= 15 is 0 Å². The summed E-state index contributed by atoms with van der Waals surface area (Å²) in [7, 11) is 4.25. The molecule has 7 nitrogen and oxygen atoms in total. The zero-order valence-corrected chi connectivity index (χ0v) is 14.0. The van der Waals surface area contributed by atoms with E-state index in [4.69, 9.17) is 18.9 Å². The molecule has 7 heteroatoms. The second-order valence-electron chi connectivity index (χ2n) is 5.42. The normalized spacial score (nSPS) is 19.0. The van der Waals surface area contributed by atoms with Gasteiger partial charge in [-0.2, -0.15) is 0 Å². The van der Waals surface area contributed by atoms with Crippen molar-refractivity contribution in [3.63, 3.8) is 0 Å². The maximum atomic E-state index is 12.8. The second-order valence-corrected chi connectivity index (χ2v) is 5.42. The number of carbonyl (C=O) groups is 1. The van der Waals surface area contributed by atoms with E-state index in [0.29, 0.717) is 11.3 Å². The number of aliphatic hydroxyl groups is 1. The molecular weight excluding hydrogens is 328 g/mol. The summed E-state index contributed by atoms with van der Waals surface area (Å²) in [6, 6.07) is 7.86. The topological polar surface area (TPSA) is 94.5 Å². The van der Waals surface area contributed by atoms with Gasteiger partial charge in [0.2, 0.25) is 11.5 Å². The van der Waals surface area contributed by atoms with E-state index in [0.717, 1.165) is 0 Å². The van der Waals surface area contributed by atoms with E-state index in [1.54, 1.807) is 18.2 Å². The van der Waals surface area contributed by atoms with Crippen LogP contribution in [0.1, 0.15) is 22.0 Å². The van der Waals surface area contributed by atoms with E-state index in [-0.39, 0.29) is 28.6 Å². The van der Waals surface area contributed by atoms with Crippen LogP contribution in [-0.2, 0) is 0 Å². The number of fused-ring (bicyclic) bond motifs is 1. The smallest absolute Gasteiger partial charge is 0.204 e. The molecule has 1 aliphatic heterocycles. The standard InChI is InChI=1S/C18H18O7/c1-22-12-8-11-13(18(24-3)17(12)23-2)14(20)15(21)16(25-11)9-6-4-5-7-10(9)19/h4-8,15-16,19,21H,1-3H3. The third kappa shape index (κ3) is 2.62. The van der Waals surface area contributed by atoms with Gasteiger partial charge in [-0.05, 0) is 6.07 Å². The monoisotopic (exact) mass is 346 g/mol. The fourth-order valence-electron chi connectivity index (χ4n) is 2.91. The third-order valence-corrected chi connectivity index (χ3v) is 4.09. The number of phenols is 1. The van der Waals surface area contributed by atoms with Crippen molar-refractivity contribution in [2.45, 2.75) is 12.2 Å². The average molecular weight is 346 g/mol. The van der Waals surface area contributed by atoms with Crippen LogP contribution in [0.2, 0.25) is 0 Å². The lowest BCUT2D eigenvalue weighted by molar-refractivity contribution is 0.0201. The summed E-state index contributed by atoms with van der Waals surface area (Å²) in [5.41, 5.74) is 0.377. The highest BCUT2D eigenvalue weighted by Crippen LogP contribution is 2.49. The van der Waals surface area contributed by atoms with E-state index in [2.05, 4.69) is 0 Å². The second kappa shape index (κ2) is 6.52. The van der Waals surface area contributed by atoms with Crippen molar-refractivity contribution in [1.29, 1.82) is 0 Å². The van der Waals surface area contributed by atoms with Gasteiger partial charge in [0, 0.05) is 11.6 Å². The number of methoxy groups -OCH3 is 3. The Balaban J connectivity index is 2.17. The molecule has 0 spiro atoms. The van der Waals surface area contributed by atoms with Gasteiger partial charge in [0.05, 0.1) is 21.3 Å². The summed E-state index contributed by atoms with van der Waals surface area (Å²) in [4.78, 5) is 12.8. The van der Waals surface area contributed by atoms with Gasteiger partial charge < -0.3 is 29.2 Å². The van der Waals surface area contributed by atoms with E-state index < -0.39 is 18.0 Å². The Hall–Kier alpha value is -2.93. The summed E-state index contributed by atoms with van der Waals surface area (Å²) in [5, 5.41) is 20.5. The molecule has 0 saturated heterocycles. The fraction of sp³-hybridized carbons (Fsp3) is 0.278. The van der Waals surface area contributed by atoms with Crippen molar-refractivity contribution in [2.75, 3.05) is 21.3 Å². The molecule has 25 heavy (non-hydrogen) atoms. The van der Waals surface area contributed by atoms with Gasteiger partial charge in [0.25, 0.3) is 0 Å². The number of hydrogen-bond donors (Lipinski definition) is 2. The lowest BCUT2D eigenvalue weighted by Crippen LogP contribution is -2.36. The van der Waals surface area contributed by atoms with Crippen molar-refractivity contribution in [3.8, 4) is 28.7 Å². The first-order chi connectivity index (χ1) is 12.0. The molecule has 0 saturated carbocycles. The Morgan fingerprint density at radius 3 is 2.32 bits per heavy atom. The molecule has 0 amide bonds. The molecule has 0 aromatic heterocycles. The highest BCUT2D eigenvalue weighted by atomic mass is 16.5. The van der Waals surface area contributed by atoms with Crippen molar-refractivity contribution in [2.24, 2.45) is 0 Å². The molecule has 2 aromatic carbocycles. The van der Waals surface area contributed by atoms with Crippen LogP contribution in [0, 0.1) is 0 Å². The van der Waals surface area contributed by atoms with E-state index in [9.17, 15) is 15.0 Å². The van der Waals surface area contributed by atoms with Gasteiger partial charge in [0.15, 0.2) is 23.7 Å². The molecule has 0 radical (unpaired) electrons. The highest BCUT2D eigenvalue weighted by Gasteiger charge is 2.41. The summed E-state index contributed by atoms with van der Waals surface area (Å²) in [6.45, 7) is 0. The summed E-state index contributed by atoms with van der Waals surface area (Å²) >= 11 is 0. The predicted octanol–water partition coefficient (Wildman–Crippen LogP) is 2.10. The average Bonchev–Trinajstić information content (AvgIpc) is 2.63. The van der Waals surface area contributed by atoms with Crippen LogP contribution in [0.15, 0.2) is 30.3 Å². The molecule has 0 bridgehead atoms. The molecule has 132 valence electrons. The zero-order valence-electron chi connectivity index (χ0n) is 14.0. The lowest BCUT2D eigenvalue weighted by Gasteiger charge is -2.31. The van der Waals surface area contributed by atoms with Gasteiger partial charge in [-0.3, -0.25) is 4.79 Å². The van der Waals surface area contributed by atoms with Crippen LogP contribution in [-0.4, -0.2) is 43.4 Å². The summed E-state index contributed by atoms with van der Waals surface area (Å²) < 4.78 is 21.6. The molecule has 3 rings (SSSR count). The van der Waals surface area contributed by atoms with Crippen LogP contribution in [0.25, 0.3) is 0 Å². The molecular formula is C18H18O7. The number of benzene rings is 2. The highest BCUT2D eigenvalue weighted by molar-refractivity contribution is 6.06. The number of rotatable bonds is 4. The zero-order chi connectivity index (χ0) is 18.1. The Labute approximate surface area is 144 Å². The molecule has 1 heterocycles. The maximum Gasteiger partial charge on any atom is 0.204 e. The number of aliphatic hydroxyl groups excluding tert-OH is 1. The van der Waals surface area contributed by atoms with Gasteiger partial charge in [0.1, 0.15) is 17.1 Å². The Bertz CT molecular complexity index is 815. The molecule has 2 unspecified atom stereocenters. The Kier molecular flexibility index (Phi) is 4.41. The maximum absolute atomic E-state index is 12.8. The van der Waals surface area contributed by atoms with Crippen LogP contribution in [0.4, 0.5) is 0 Å². The molecule has 0 fully saturated rings. The lowest BCUT2D eigenvalue weighted by atomic mass is 9.92. The number of carbonyl (C=O) groups excluding carboxylic acids is 1. The number of aromatic hydroxyl groups is 1. The minimum Gasteiger partial charge on any atom is -0.508 e. The first kappa shape index (κ1) is 16.9. The van der Waals surface area contributed by atoms with Crippen molar-refractivity contribution >= 4 is 5.78 Å². The first-order valence-corrected chi connectivity index (χ1v) is 7.53. The quantitative estimate of drug-likeness (QED) is 0.875. The van der Waals surface area contributed by atoms with Gasteiger partial charge >= 0.3 is 0 Å². The van der Waals surface area contributed by atoms with Crippen LogP contribution in [0.5, 0.6) is 28.7 Å². The minimum atomic E-state index is -1.51. The number of ether oxygens (including phenoxy) is 4. The number of ketones is 1. The third-order valence-electron chi connectivity index (χ3n) is 4.09. The SMILES string of the molecule is COc1cc2c(c(OC)c1OC)C(=O)C(O)C(c1ccccc1O)O2. The van der Waals surface area contributed by atoms with Crippen molar-refractivity contribution < 1.29 is 34.0 Å². The van der Waals surface area contributed by atoms with Crippen LogP contribution >= 0.6 is 0 Å². The number of hydrogen-bond acceptors (Lipinski definition) is 7. The minimum absolute atomic E-state index is 0.0688. The van der Waals surface area contributed by atoms with Crippen molar-refractivity contribution in [3.05, 3.63) is 41.5 Å². The van der Waals surface area contributed by atoms with Gasteiger partial charge in [-0.1, -0.05) is 18.2 Å². The van der Waals surface area contributed by atoms with Crippen molar-refractivity contribution in [1.82, 2.24) is 0 Å². The number of Topliss-reactive ketones (excluding diaryl/α,β-unsaturated/α-hetero) is 1. The fourth-order valence-corrected chi connectivity index (χ4v) is 2.91. The first-order valence-electron chi connectivity index (χ1n) is 7.53. The van der Waals surface area contributed by atoms with E-state index in [1.807, 2.05) is 0 Å².